The molecule has 0 amide bonds. The number of methoxy groups -OCH3 is 2. The molecule has 0 aromatic heterocycles. The number of halogens is 1. The van der Waals surface area contributed by atoms with Crippen LogP contribution < -0.4 is 4.74 Å². The first kappa shape index (κ1) is 11.6. The van der Waals surface area contributed by atoms with Gasteiger partial charge in [0, 0.05) is 5.56 Å². The summed E-state index contributed by atoms with van der Waals surface area (Å²) in [6.45, 7) is 3.62. The Labute approximate surface area is 93.3 Å². The van der Waals surface area contributed by atoms with Crippen LogP contribution in [0.2, 0.25) is 5.02 Å². The Hall–Kier alpha value is -1.48. The minimum absolute atomic E-state index is 0.279. The zero-order chi connectivity index (χ0) is 11.4. The van der Waals surface area contributed by atoms with E-state index in [9.17, 15) is 4.79 Å². The van der Waals surface area contributed by atoms with Crippen LogP contribution in [0.5, 0.6) is 5.75 Å². The average molecular weight is 227 g/mol. The van der Waals surface area contributed by atoms with Gasteiger partial charge >= 0.3 is 5.97 Å². The summed E-state index contributed by atoms with van der Waals surface area (Å²) in [5.41, 5.74) is 1.01. The van der Waals surface area contributed by atoms with E-state index in [1.54, 1.807) is 12.1 Å². The van der Waals surface area contributed by atoms with Crippen LogP contribution >= 0.6 is 11.6 Å². The molecule has 1 aromatic rings. The van der Waals surface area contributed by atoms with Crippen LogP contribution in [0.3, 0.4) is 0 Å². The van der Waals surface area contributed by atoms with Gasteiger partial charge in [-0.2, -0.15) is 0 Å². The maximum atomic E-state index is 11.3. The molecule has 0 aliphatic rings. The van der Waals surface area contributed by atoms with Crippen LogP contribution in [-0.4, -0.2) is 20.2 Å². The van der Waals surface area contributed by atoms with Crippen LogP contribution in [-0.2, 0) is 4.74 Å². The van der Waals surface area contributed by atoms with Crippen molar-refractivity contribution in [1.82, 2.24) is 0 Å². The zero-order valence-electron chi connectivity index (χ0n) is 8.54. The van der Waals surface area contributed by atoms with Crippen molar-refractivity contribution in [3.63, 3.8) is 0 Å². The summed E-state index contributed by atoms with van der Waals surface area (Å²) < 4.78 is 9.67. The zero-order valence-corrected chi connectivity index (χ0v) is 9.30. The Balaban J connectivity index is 3.31. The maximum Gasteiger partial charge on any atom is 0.339 e. The second-order valence-electron chi connectivity index (χ2n) is 2.77. The summed E-state index contributed by atoms with van der Waals surface area (Å²) in [6.07, 6.45) is 1.60. The second kappa shape index (κ2) is 4.84. The number of carbonyl (C=O) groups is 1. The van der Waals surface area contributed by atoms with Gasteiger partial charge in [-0.1, -0.05) is 24.3 Å². The van der Waals surface area contributed by atoms with Gasteiger partial charge in [0.1, 0.15) is 5.75 Å². The molecule has 15 heavy (non-hydrogen) atoms. The van der Waals surface area contributed by atoms with E-state index < -0.39 is 5.97 Å². The quantitative estimate of drug-likeness (QED) is 0.744. The molecule has 0 unspecified atom stereocenters. The molecule has 1 rings (SSSR count). The van der Waals surface area contributed by atoms with Crippen molar-refractivity contribution in [3.05, 3.63) is 34.9 Å². The SMILES string of the molecule is C=Cc1cc(Cl)c(C(=O)OC)cc1OC. The lowest BCUT2D eigenvalue weighted by atomic mass is 10.1. The molecule has 0 aliphatic heterocycles. The first-order valence-electron chi connectivity index (χ1n) is 4.22. The van der Waals surface area contributed by atoms with Gasteiger partial charge in [0.25, 0.3) is 0 Å². The molecule has 0 atom stereocenters. The van der Waals surface area contributed by atoms with Crippen molar-refractivity contribution in [2.24, 2.45) is 0 Å². The number of hydrogen-bond acceptors (Lipinski definition) is 3. The molecular weight excluding hydrogens is 216 g/mol. The summed E-state index contributed by atoms with van der Waals surface area (Å²) in [4.78, 5) is 11.3. The molecule has 0 fully saturated rings. The fourth-order valence-corrected chi connectivity index (χ4v) is 1.42. The third-order valence-corrected chi connectivity index (χ3v) is 2.26. The minimum atomic E-state index is -0.492. The number of rotatable bonds is 3. The monoisotopic (exact) mass is 226 g/mol. The van der Waals surface area contributed by atoms with Crippen LogP contribution in [0.15, 0.2) is 18.7 Å². The summed E-state index contributed by atoms with van der Waals surface area (Å²) in [6, 6.07) is 3.14. The van der Waals surface area contributed by atoms with Crippen LogP contribution in [0, 0.1) is 0 Å². The normalized spacial score (nSPS) is 9.53. The summed E-state index contributed by atoms with van der Waals surface area (Å²) in [5, 5.41) is 0.317. The van der Waals surface area contributed by atoms with Crippen molar-refractivity contribution in [2.45, 2.75) is 0 Å². The third kappa shape index (κ3) is 2.30. The summed E-state index contributed by atoms with van der Waals surface area (Å²) in [7, 11) is 2.81. The van der Waals surface area contributed by atoms with Gasteiger partial charge in [0.15, 0.2) is 0 Å². The predicted octanol–water partition coefficient (Wildman–Crippen LogP) is 2.78. The van der Waals surface area contributed by atoms with Crippen molar-refractivity contribution in [3.8, 4) is 5.75 Å². The van der Waals surface area contributed by atoms with Gasteiger partial charge in [-0.15, -0.1) is 0 Å². The number of esters is 1. The lowest BCUT2D eigenvalue weighted by molar-refractivity contribution is 0.0600. The molecule has 4 heteroatoms. The standard InChI is InChI=1S/C11H11ClO3/c1-4-7-5-9(12)8(11(13)15-3)6-10(7)14-2/h4-6H,1H2,2-3H3. The molecule has 0 radical (unpaired) electrons. The molecule has 0 saturated carbocycles. The molecule has 0 bridgehead atoms. The fourth-order valence-electron chi connectivity index (χ4n) is 1.17. The molecule has 0 aliphatic carbocycles. The lowest BCUT2D eigenvalue weighted by Gasteiger charge is -2.08. The Morgan fingerprint density at radius 2 is 2.13 bits per heavy atom. The molecule has 0 N–H and O–H groups in total. The Kier molecular flexibility index (Phi) is 3.74. The molecule has 0 heterocycles. The Morgan fingerprint density at radius 1 is 1.47 bits per heavy atom. The van der Waals surface area contributed by atoms with Gasteiger partial charge in [0.2, 0.25) is 0 Å². The van der Waals surface area contributed by atoms with E-state index in [1.807, 2.05) is 0 Å². The molecule has 0 spiro atoms. The number of carbonyl (C=O) groups excluding carboxylic acids is 1. The van der Waals surface area contributed by atoms with Crippen LogP contribution in [0.1, 0.15) is 15.9 Å². The first-order valence-corrected chi connectivity index (χ1v) is 4.60. The molecule has 3 nitrogen and oxygen atoms in total. The number of ether oxygens (including phenoxy) is 2. The van der Waals surface area contributed by atoms with Crippen molar-refractivity contribution >= 4 is 23.6 Å². The second-order valence-corrected chi connectivity index (χ2v) is 3.18. The van der Waals surface area contributed by atoms with E-state index in [0.29, 0.717) is 10.8 Å². The Morgan fingerprint density at radius 3 is 2.60 bits per heavy atom. The van der Waals surface area contributed by atoms with Gasteiger partial charge in [-0.05, 0) is 12.1 Å². The smallest absolute Gasteiger partial charge is 0.339 e. The maximum absolute atomic E-state index is 11.3. The molecule has 0 saturated heterocycles. The summed E-state index contributed by atoms with van der Waals surface area (Å²) in [5.74, 6) is 0.0451. The lowest BCUT2D eigenvalue weighted by Crippen LogP contribution is -2.03. The molecule has 1 aromatic carbocycles. The van der Waals surface area contributed by atoms with E-state index in [2.05, 4.69) is 11.3 Å². The fraction of sp³-hybridized carbons (Fsp3) is 0.182. The van der Waals surface area contributed by atoms with Gasteiger partial charge in [-0.25, -0.2) is 4.79 Å². The largest absolute Gasteiger partial charge is 0.496 e. The van der Waals surface area contributed by atoms with Gasteiger partial charge < -0.3 is 9.47 Å². The highest BCUT2D eigenvalue weighted by Crippen LogP contribution is 2.28. The predicted molar refractivity (Wildman–Crippen MR) is 59.4 cm³/mol. The van der Waals surface area contributed by atoms with Crippen molar-refractivity contribution < 1.29 is 14.3 Å². The van der Waals surface area contributed by atoms with Crippen LogP contribution in [0.25, 0.3) is 6.08 Å². The topological polar surface area (TPSA) is 35.5 Å². The van der Waals surface area contributed by atoms with Crippen LogP contribution in [0.4, 0.5) is 0 Å². The van der Waals surface area contributed by atoms with E-state index in [4.69, 9.17) is 16.3 Å². The van der Waals surface area contributed by atoms with Crippen molar-refractivity contribution in [1.29, 1.82) is 0 Å². The van der Waals surface area contributed by atoms with E-state index in [1.165, 1.54) is 20.3 Å². The average Bonchev–Trinajstić information content (AvgIpc) is 2.27. The number of benzene rings is 1. The van der Waals surface area contributed by atoms with E-state index in [0.717, 1.165) is 5.56 Å². The molecule has 80 valence electrons. The summed E-state index contributed by atoms with van der Waals surface area (Å²) >= 11 is 5.91. The molecular formula is C11H11ClO3. The van der Waals surface area contributed by atoms with Gasteiger partial charge in [-0.3, -0.25) is 0 Å². The highest BCUT2D eigenvalue weighted by atomic mass is 35.5. The van der Waals surface area contributed by atoms with E-state index in [-0.39, 0.29) is 5.56 Å². The van der Waals surface area contributed by atoms with E-state index >= 15 is 0 Å². The highest BCUT2D eigenvalue weighted by Gasteiger charge is 2.14. The van der Waals surface area contributed by atoms with Gasteiger partial charge in [0.05, 0.1) is 24.8 Å². The first-order chi connectivity index (χ1) is 7.13. The third-order valence-electron chi connectivity index (χ3n) is 1.94. The number of hydrogen-bond donors (Lipinski definition) is 0. The highest BCUT2D eigenvalue weighted by molar-refractivity contribution is 6.33. The minimum Gasteiger partial charge on any atom is -0.496 e. The Bertz CT molecular complexity index is 399. The van der Waals surface area contributed by atoms with Crippen molar-refractivity contribution in [2.75, 3.05) is 14.2 Å².